The number of rotatable bonds is 5. The molecular formula is C22H19F3N4O2. The highest BCUT2D eigenvalue weighted by Gasteiger charge is 2.30. The fourth-order valence-corrected chi connectivity index (χ4v) is 3.22. The summed E-state index contributed by atoms with van der Waals surface area (Å²) in [6, 6.07) is 13.7. The van der Waals surface area contributed by atoms with E-state index in [4.69, 9.17) is 4.42 Å². The molecule has 4 aromatic rings. The van der Waals surface area contributed by atoms with Gasteiger partial charge < -0.3 is 14.3 Å². The van der Waals surface area contributed by atoms with Crippen LogP contribution in [0.4, 0.5) is 18.9 Å². The van der Waals surface area contributed by atoms with E-state index in [1.165, 1.54) is 12.1 Å². The van der Waals surface area contributed by atoms with Crippen LogP contribution in [0.2, 0.25) is 0 Å². The van der Waals surface area contributed by atoms with Crippen LogP contribution in [0.3, 0.4) is 0 Å². The van der Waals surface area contributed by atoms with E-state index in [1.807, 2.05) is 44.2 Å². The predicted molar refractivity (Wildman–Crippen MR) is 109 cm³/mol. The SMILES string of the molecule is CC(C)c1nnc(-c2cc3ccccc3n2CC(=O)Nc2ccc(C(F)(F)F)cc2)o1. The molecule has 4 rings (SSSR count). The molecule has 2 heterocycles. The average Bonchev–Trinajstić information content (AvgIpc) is 3.33. The van der Waals surface area contributed by atoms with Crippen molar-refractivity contribution in [3.05, 3.63) is 66.1 Å². The first-order valence-corrected chi connectivity index (χ1v) is 9.61. The third kappa shape index (κ3) is 4.30. The third-order valence-corrected chi connectivity index (χ3v) is 4.76. The number of para-hydroxylation sites is 1. The Morgan fingerprint density at radius 3 is 2.45 bits per heavy atom. The molecule has 1 N–H and O–H groups in total. The van der Waals surface area contributed by atoms with E-state index in [0.717, 1.165) is 23.0 Å². The normalized spacial score (nSPS) is 11.9. The third-order valence-electron chi connectivity index (χ3n) is 4.76. The largest absolute Gasteiger partial charge is 0.419 e. The van der Waals surface area contributed by atoms with Crippen LogP contribution < -0.4 is 5.32 Å². The number of amides is 1. The molecule has 0 aliphatic rings. The van der Waals surface area contributed by atoms with Crippen molar-refractivity contribution >= 4 is 22.5 Å². The quantitative estimate of drug-likeness (QED) is 0.457. The molecule has 160 valence electrons. The number of alkyl halides is 3. The van der Waals surface area contributed by atoms with Crippen molar-refractivity contribution in [1.82, 2.24) is 14.8 Å². The first-order chi connectivity index (χ1) is 14.7. The van der Waals surface area contributed by atoms with Gasteiger partial charge in [0.2, 0.25) is 11.8 Å². The Hall–Kier alpha value is -3.62. The number of carbonyl (C=O) groups excluding carboxylic acids is 1. The molecule has 0 saturated carbocycles. The van der Waals surface area contributed by atoms with Crippen molar-refractivity contribution in [3.63, 3.8) is 0 Å². The van der Waals surface area contributed by atoms with Crippen LogP contribution in [0.15, 0.2) is 59.0 Å². The van der Waals surface area contributed by atoms with Crippen LogP contribution in [0, 0.1) is 0 Å². The molecule has 0 spiro atoms. The molecule has 1 amide bonds. The monoisotopic (exact) mass is 428 g/mol. The first kappa shape index (κ1) is 20.6. The van der Waals surface area contributed by atoms with Crippen LogP contribution in [0.1, 0.15) is 31.2 Å². The van der Waals surface area contributed by atoms with Crippen molar-refractivity contribution < 1.29 is 22.4 Å². The number of halogens is 3. The van der Waals surface area contributed by atoms with Crippen LogP contribution >= 0.6 is 0 Å². The second-order valence-electron chi connectivity index (χ2n) is 7.40. The van der Waals surface area contributed by atoms with Crippen LogP contribution in [0.25, 0.3) is 22.5 Å². The standard InChI is InChI=1S/C22H19F3N4O2/c1-13(2)20-27-28-21(31-20)18-11-14-5-3-4-6-17(14)29(18)12-19(30)26-16-9-7-15(8-10-16)22(23,24)25/h3-11,13H,12H2,1-2H3,(H,26,30). The molecular weight excluding hydrogens is 409 g/mol. The van der Waals surface area contributed by atoms with Gasteiger partial charge in [-0.1, -0.05) is 32.0 Å². The molecule has 0 unspecified atom stereocenters. The van der Waals surface area contributed by atoms with Crippen molar-refractivity contribution in [3.8, 4) is 11.6 Å². The minimum Gasteiger partial charge on any atom is -0.419 e. The maximum atomic E-state index is 12.7. The Labute approximate surface area is 175 Å². The number of fused-ring (bicyclic) bond motifs is 1. The van der Waals surface area contributed by atoms with Gasteiger partial charge in [-0.15, -0.1) is 10.2 Å². The number of anilines is 1. The predicted octanol–water partition coefficient (Wildman–Crippen LogP) is 5.47. The fourth-order valence-electron chi connectivity index (χ4n) is 3.22. The molecule has 0 radical (unpaired) electrons. The van der Waals surface area contributed by atoms with Crippen LogP contribution in [-0.4, -0.2) is 20.7 Å². The molecule has 2 aromatic carbocycles. The smallest absolute Gasteiger partial charge is 0.416 e. The maximum absolute atomic E-state index is 12.7. The Morgan fingerprint density at radius 1 is 1.10 bits per heavy atom. The zero-order chi connectivity index (χ0) is 22.2. The molecule has 9 heteroatoms. The Kier molecular flexibility index (Phi) is 5.26. The molecule has 31 heavy (non-hydrogen) atoms. The van der Waals surface area contributed by atoms with Gasteiger partial charge in [-0.2, -0.15) is 13.2 Å². The Balaban J connectivity index is 1.62. The lowest BCUT2D eigenvalue weighted by atomic mass is 10.2. The van der Waals surface area contributed by atoms with E-state index in [-0.39, 0.29) is 18.2 Å². The molecule has 0 atom stereocenters. The molecule has 6 nitrogen and oxygen atoms in total. The van der Waals surface area contributed by atoms with Crippen molar-refractivity contribution in [2.45, 2.75) is 32.5 Å². The van der Waals surface area contributed by atoms with Gasteiger partial charge in [-0.3, -0.25) is 4.79 Å². The summed E-state index contributed by atoms with van der Waals surface area (Å²) in [7, 11) is 0. The Morgan fingerprint density at radius 2 is 1.81 bits per heavy atom. The number of nitrogens with one attached hydrogen (secondary N) is 1. The zero-order valence-corrected chi connectivity index (χ0v) is 16.8. The van der Waals surface area contributed by atoms with E-state index in [0.29, 0.717) is 17.5 Å². The maximum Gasteiger partial charge on any atom is 0.416 e. The number of carbonyl (C=O) groups is 1. The highest BCUT2D eigenvalue weighted by molar-refractivity contribution is 5.93. The number of hydrogen-bond acceptors (Lipinski definition) is 4. The van der Waals surface area contributed by atoms with Gasteiger partial charge in [0.25, 0.3) is 5.89 Å². The highest BCUT2D eigenvalue weighted by Crippen LogP contribution is 2.31. The number of aromatic nitrogens is 3. The lowest BCUT2D eigenvalue weighted by Gasteiger charge is -2.11. The van der Waals surface area contributed by atoms with Gasteiger partial charge in [-0.05, 0) is 36.4 Å². The topological polar surface area (TPSA) is 73.0 Å². The molecule has 0 aliphatic carbocycles. The molecule has 0 bridgehead atoms. The fraction of sp³-hybridized carbons (Fsp3) is 0.227. The Bertz CT molecular complexity index is 1220. The summed E-state index contributed by atoms with van der Waals surface area (Å²) >= 11 is 0. The first-order valence-electron chi connectivity index (χ1n) is 9.61. The van der Waals surface area contributed by atoms with E-state index >= 15 is 0 Å². The summed E-state index contributed by atoms with van der Waals surface area (Å²) in [5.41, 5.74) is 0.880. The highest BCUT2D eigenvalue weighted by atomic mass is 19.4. The lowest BCUT2D eigenvalue weighted by molar-refractivity contribution is -0.137. The van der Waals surface area contributed by atoms with Gasteiger partial charge in [0.05, 0.1) is 5.56 Å². The number of hydrogen-bond donors (Lipinski definition) is 1. The zero-order valence-electron chi connectivity index (χ0n) is 16.8. The molecule has 2 aromatic heterocycles. The minimum atomic E-state index is -4.43. The van der Waals surface area contributed by atoms with Crippen LogP contribution in [0.5, 0.6) is 0 Å². The van der Waals surface area contributed by atoms with Crippen LogP contribution in [-0.2, 0) is 17.5 Å². The second kappa shape index (κ2) is 7.90. The van der Waals surface area contributed by atoms with E-state index in [9.17, 15) is 18.0 Å². The second-order valence-corrected chi connectivity index (χ2v) is 7.40. The summed E-state index contributed by atoms with van der Waals surface area (Å²) < 4.78 is 45.7. The van der Waals surface area contributed by atoms with E-state index < -0.39 is 17.6 Å². The molecule has 0 fully saturated rings. The summed E-state index contributed by atoms with van der Waals surface area (Å²) in [6.45, 7) is 3.79. The molecule has 0 saturated heterocycles. The van der Waals surface area contributed by atoms with E-state index in [2.05, 4.69) is 15.5 Å². The van der Waals surface area contributed by atoms with Gasteiger partial charge in [0.15, 0.2) is 0 Å². The van der Waals surface area contributed by atoms with Crippen molar-refractivity contribution in [2.24, 2.45) is 0 Å². The molecule has 0 aliphatic heterocycles. The minimum absolute atomic E-state index is 0.0575. The summed E-state index contributed by atoms with van der Waals surface area (Å²) in [6.07, 6.45) is -4.43. The van der Waals surface area contributed by atoms with Gasteiger partial charge in [0.1, 0.15) is 12.2 Å². The summed E-state index contributed by atoms with van der Waals surface area (Å²) in [4.78, 5) is 12.7. The van der Waals surface area contributed by atoms with Crippen molar-refractivity contribution in [2.75, 3.05) is 5.32 Å². The number of benzene rings is 2. The van der Waals surface area contributed by atoms with Gasteiger partial charge in [-0.25, -0.2) is 0 Å². The van der Waals surface area contributed by atoms with E-state index in [1.54, 1.807) is 4.57 Å². The number of nitrogens with zero attached hydrogens (tertiary/aromatic N) is 3. The average molecular weight is 428 g/mol. The lowest BCUT2D eigenvalue weighted by Crippen LogP contribution is -2.19. The van der Waals surface area contributed by atoms with Gasteiger partial charge >= 0.3 is 6.18 Å². The van der Waals surface area contributed by atoms with Crippen molar-refractivity contribution in [1.29, 1.82) is 0 Å². The summed E-state index contributed by atoms with van der Waals surface area (Å²) in [5.74, 6) is 0.441. The summed E-state index contributed by atoms with van der Waals surface area (Å²) in [5, 5.41) is 11.7. The van der Waals surface area contributed by atoms with Gasteiger partial charge in [0, 0.05) is 22.5 Å².